The van der Waals surface area contributed by atoms with Crippen LogP contribution >= 0.6 is 0 Å². The van der Waals surface area contributed by atoms with Crippen LogP contribution in [0.5, 0.6) is 0 Å². The number of aromatic nitrogens is 3. The highest BCUT2D eigenvalue weighted by molar-refractivity contribution is 5.54. The zero-order chi connectivity index (χ0) is 24.2. The summed E-state index contributed by atoms with van der Waals surface area (Å²) in [5.41, 5.74) is 3.43. The minimum absolute atomic E-state index is 0.0512. The molecule has 6 heterocycles. The van der Waals surface area contributed by atoms with Crippen LogP contribution in [-0.2, 0) is 13.2 Å². The monoisotopic (exact) mass is 475 g/mol. The molecule has 0 aromatic carbocycles. The molecule has 0 amide bonds. The second-order valence-electron chi connectivity index (χ2n) is 9.99. The Labute approximate surface area is 208 Å². The van der Waals surface area contributed by atoms with Crippen molar-refractivity contribution in [1.82, 2.24) is 25.2 Å². The first-order valence-electron chi connectivity index (χ1n) is 13.1. The number of fused-ring (bicyclic) bond motifs is 3. The Morgan fingerprint density at radius 3 is 2.60 bits per heavy atom. The number of piperidine rings is 3. The second-order valence-corrected chi connectivity index (χ2v) is 9.99. The van der Waals surface area contributed by atoms with Crippen molar-refractivity contribution in [1.29, 1.82) is 0 Å². The van der Waals surface area contributed by atoms with E-state index in [4.69, 9.17) is 14.4 Å². The van der Waals surface area contributed by atoms with E-state index in [1.165, 1.54) is 24.2 Å². The molecule has 0 aliphatic carbocycles. The standard InChI is InChI=1S/C28H37N5O2/c1-3-19(4-2)26-14-27(32-28(31-26)20-7-10-29-11-8-20)25-17-33-12-9-21(25)13-22(33)15-30-16-23-5-6-24(18-34)35-23/h5-8,10-11,14,19,21-22,25,30,34H,3-4,9,12-13,15-18H2,1-2H3/t21-,22+,25+/m0/s1. The lowest BCUT2D eigenvalue weighted by atomic mass is 9.74. The molecule has 2 bridgehead atoms. The predicted octanol–water partition coefficient (Wildman–Crippen LogP) is 4.50. The highest BCUT2D eigenvalue weighted by Crippen LogP contribution is 2.42. The Balaban J connectivity index is 1.31. The number of hydrogen-bond donors (Lipinski definition) is 2. The smallest absolute Gasteiger partial charge is 0.159 e. The van der Waals surface area contributed by atoms with Gasteiger partial charge in [0.15, 0.2) is 5.82 Å². The summed E-state index contributed by atoms with van der Waals surface area (Å²) in [6, 6.07) is 10.6. The molecule has 0 saturated carbocycles. The van der Waals surface area contributed by atoms with Crippen LogP contribution in [0.2, 0.25) is 0 Å². The highest BCUT2D eigenvalue weighted by Gasteiger charge is 2.41. The topological polar surface area (TPSA) is 87.3 Å². The van der Waals surface area contributed by atoms with Crippen LogP contribution in [0, 0.1) is 5.92 Å². The Morgan fingerprint density at radius 1 is 1.11 bits per heavy atom. The lowest BCUT2D eigenvalue weighted by molar-refractivity contribution is 0.0290. The molecule has 4 atom stereocenters. The van der Waals surface area contributed by atoms with Crippen molar-refractivity contribution in [2.45, 2.75) is 70.6 Å². The summed E-state index contributed by atoms with van der Waals surface area (Å²) in [5.74, 6) is 3.89. The third-order valence-electron chi connectivity index (χ3n) is 7.92. The van der Waals surface area contributed by atoms with Gasteiger partial charge < -0.3 is 14.8 Å². The minimum Gasteiger partial charge on any atom is -0.462 e. The molecule has 3 aromatic rings. The molecule has 1 unspecified atom stereocenters. The van der Waals surface area contributed by atoms with Gasteiger partial charge in [0.2, 0.25) is 0 Å². The zero-order valence-electron chi connectivity index (χ0n) is 20.9. The van der Waals surface area contributed by atoms with Crippen molar-refractivity contribution >= 4 is 0 Å². The van der Waals surface area contributed by atoms with Gasteiger partial charge in [0.25, 0.3) is 0 Å². The molecular weight excluding hydrogens is 438 g/mol. The number of hydrogen-bond acceptors (Lipinski definition) is 7. The number of pyridine rings is 1. The molecule has 3 fully saturated rings. The van der Waals surface area contributed by atoms with Gasteiger partial charge >= 0.3 is 0 Å². The first-order valence-corrected chi connectivity index (χ1v) is 13.1. The van der Waals surface area contributed by atoms with E-state index < -0.39 is 0 Å². The maximum Gasteiger partial charge on any atom is 0.159 e. The Hall–Kier alpha value is -2.61. The van der Waals surface area contributed by atoms with E-state index in [1.54, 1.807) is 0 Å². The van der Waals surface area contributed by atoms with Crippen molar-refractivity contribution in [3.05, 3.63) is 65.6 Å². The molecule has 3 aliphatic rings. The molecule has 3 aromatic heterocycles. The summed E-state index contributed by atoms with van der Waals surface area (Å²) in [7, 11) is 0. The molecule has 35 heavy (non-hydrogen) atoms. The fraction of sp³-hybridized carbons (Fsp3) is 0.536. The van der Waals surface area contributed by atoms with Gasteiger partial charge in [-0.3, -0.25) is 9.88 Å². The van der Waals surface area contributed by atoms with E-state index >= 15 is 0 Å². The van der Waals surface area contributed by atoms with Gasteiger partial charge in [-0.2, -0.15) is 0 Å². The zero-order valence-corrected chi connectivity index (χ0v) is 20.9. The third-order valence-corrected chi connectivity index (χ3v) is 7.92. The fourth-order valence-corrected chi connectivity index (χ4v) is 5.87. The normalized spacial score (nSPS) is 23.8. The molecule has 186 valence electrons. The van der Waals surface area contributed by atoms with E-state index in [9.17, 15) is 5.11 Å². The van der Waals surface area contributed by atoms with Crippen LogP contribution in [-0.4, -0.2) is 50.6 Å². The summed E-state index contributed by atoms with van der Waals surface area (Å²) in [5, 5.41) is 12.8. The SMILES string of the molecule is CCC(CC)c1cc([C@@H]2CN3CC[C@H]2C[C@@H]3CNCc2ccc(CO)o2)nc(-c2ccncc2)n1. The molecule has 3 aliphatic heterocycles. The van der Waals surface area contributed by atoms with Crippen LogP contribution < -0.4 is 5.32 Å². The van der Waals surface area contributed by atoms with Crippen LogP contribution in [0.4, 0.5) is 0 Å². The lowest BCUT2D eigenvalue weighted by Crippen LogP contribution is -2.55. The van der Waals surface area contributed by atoms with E-state index in [0.29, 0.717) is 36.1 Å². The van der Waals surface area contributed by atoms with E-state index in [2.05, 4.69) is 35.1 Å². The number of aliphatic hydroxyl groups excluding tert-OH is 1. The van der Waals surface area contributed by atoms with E-state index in [1.807, 2.05) is 36.7 Å². The highest BCUT2D eigenvalue weighted by atomic mass is 16.4. The quantitative estimate of drug-likeness (QED) is 0.447. The number of rotatable bonds is 10. The minimum atomic E-state index is -0.0512. The van der Waals surface area contributed by atoms with Crippen LogP contribution in [0.15, 0.2) is 47.1 Å². The van der Waals surface area contributed by atoms with Gasteiger partial charge in [0.05, 0.1) is 6.54 Å². The molecular formula is C28H37N5O2. The summed E-state index contributed by atoms with van der Waals surface area (Å²) in [6.07, 6.45) is 8.24. The van der Waals surface area contributed by atoms with E-state index in [-0.39, 0.29) is 6.61 Å². The van der Waals surface area contributed by atoms with Crippen LogP contribution in [0.1, 0.15) is 74.3 Å². The molecule has 3 saturated heterocycles. The van der Waals surface area contributed by atoms with Crippen LogP contribution in [0.3, 0.4) is 0 Å². The van der Waals surface area contributed by atoms with Crippen molar-refractivity contribution in [2.24, 2.45) is 5.92 Å². The second kappa shape index (κ2) is 11.0. The number of nitrogens with one attached hydrogen (secondary N) is 1. The van der Waals surface area contributed by atoms with Gasteiger partial charge in [-0.05, 0) is 68.5 Å². The lowest BCUT2D eigenvalue weighted by Gasteiger charge is -2.50. The maximum absolute atomic E-state index is 9.20. The van der Waals surface area contributed by atoms with Gasteiger partial charge in [0.1, 0.15) is 18.1 Å². The number of nitrogens with zero attached hydrogens (tertiary/aromatic N) is 4. The van der Waals surface area contributed by atoms with Crippen molar-refractivity contribution in [3.63, 3.8) is 0 Å². The van der Waals surface area contributed by atoms with E-state index in [0.717, 1.165) is 49.6 Å². The van der Waals surface area contributed by atoms with Crippen molar-refractivity contribution in [3.8, 4) is 11.4 Å². The molecule has 7 heteroatoms. The molecule has 7 nitrogen and oxygen atoms in total. The first kappa shape index (κ1) is 24.1. The first-order chi connectivity index (χ1) is 17.2. The fourth-order valence-electron chi connectivity index (χ4n) is 5.87. The summed E-state index contributed by atoms with van der Waals surface area (Å²) in [6.45, 7) is 8.31. The molecule has 0 radical (unpaired) electrons. The predicted molar refractivity (Wildman–Crippen MR) is 136 cm³/mol. The van der Waals surface area contributed by atoms with Gasteiger partial charge in [-0.15, -0.1) is 0 Å². The summed E-state index contributed by atoms with van der Waals surface area (Å²) >= 11 is 0. The Morgan fingerprint density at radius 2 is 1.91 bits per heavy atom. The molecule has 0 spiro atoms. The largest absolute Gasteiger partial charge is 0.462 e. The maximum atomic E-state index is 9.20. The number of aliphatic hydroxyl groups is 1. The Kier molecular flexibility index (Phi) is 7.56. The van der Waals surface area contributed by atoms with Crippen molar-refractivity contribution < 1.29 is 9.52 Å². The molecule has 6 rings (SSSR count). The average Bonchev–Trinajstić information content (AvgIpc) is 3.38. The van der Waals surface area contributed by atoms with Crippen LogP contribution in [0.25, 0.3) is 11.4 Å². The molecule has 2 N–H and O–H groups in total. The van der Waals surface area contributed by atoms with Gasteiger partial charge in [-0.1, -0.05) is 13.8 Å². The summed E-state index contributed by atoms with van der Waals surface area (Å²) in [4.78, 5) is 16.9. The number of furan rings is 1. The summed E-state index contributed by atoms with van der Waals surface area (Å²) < 4.78 is 5.61. The average molecular weight is 476 g/mol. The van der Waals surface area contributed by atoms with Crippen molar-refractivity contribution in [2.75, 3.05) is 19.6 Å². The van der Waals surface area contributed by atoms with Gasteiger partial charge in [-0.25, -0.2) is 9.97 Å². The van der Waals surface area contributed by atoms with Gasteiger partial charge in [0, 0.05) is 60.3 Å². The Bertz CT molecular complexity index is 1100. The third kappa shape index (κ3) is 5.32.